The van der Waals surface area contributed by atoms with Crippen LogP contribution in [0.2, 0.25) is 0 Å². The van der Waals surface area contributed by atoms with Crippen LogP contribution < -0.4 is 16.0 Å². The summed E-state index contributed by atoms with van der Waals surface area (Å²) in [6, 6.07) is -0.506. The summed E-state index contributed by atoms with van der Waals surface area (Å²) in [7, 11) is 0. The predicted molar refractivity (Wildman–Crippen MR) is 75.6 cm³/mol. The SMILES string of the molecule is CC(NC(=O)C(C)(C)C)C(=O)NCC1=CCNCC1. The smallest absolute Gasteiger partial charge is 0.242 e. The highest BCUT2D eigenvalue weighted by atomic mass is 16.2. The van der Waals surface area contributed by atoms with Crippen molar-refractivity contribution in [3.05, 3.63) is 11.6 Å². The monoisotopic (exact) mass is 267 g/mol. The van der Waals surface area contributed by atoms with Gasteiger partial charge in [-0.05, 0) is 19.9 Å². The molecule has 3 N–H and O–H groups in total. The van der Waals surface area contributed by atoms with E-state index in [1.807, 2.05) is 20.8 Å². The number of amides is 2. The third-order valence-corrected chi connectivity index (χ3v) is 3.07. The first-order valence-electron chi connectivity index (χ1n) is 6.78. The van der Waals surface area contributed by atoms with E-state index in [2.05, 4.69) is 22.0 Å². The van der Waals surface area contributed by atoms with Gasteiger partial charge in [-0.15, -0.1) is 0 Å². The number of carbonyl (C=O) groups is 2. The van der Waals surface area contributed by atoms with Crippen molar-refractivity contribution in [2.75, 3.05) is 19.6 Å². The second kappa shape index (κ2) is 6.70. The lowest BCUT2D eigenvalue weighted by Crippen LogP contribution is -2.48. The van der Waals surface area contributed by atoms with Crippen molar-refractivity contribution in [2.45, 2.75) is 40.2 Å². The first kappa shape index (κ1) is 15.7. The standard InChI is InChI=1S/C14H25N3O2/c1-10(17-13(19)14(2,3)4)12(18)16-9-11-5-7-15-8-6-11/h5,10,15H,6-9H2,1-4H3,(H,16,18)(H,17,19). The largest absolute Gasteiger partial charge is 0.351 e. The van der Waals surface area contributed by atoms with Crippen LogP contribution in [-0.2, 0) is 9.59 Å². The number of hydrogen-bond acceptors (Lipinski definition) is 3. The topological polar surface area (TPSA) is 70.2 Å². The number of carbonyl (C=O) groups excluding carboxylic acids is 2. The van der Waals surface area contributed by atoms with E-state index >= 15 is 0 Å². The summed E-state index contributed by atoms with van der Waals surface area (Å²) < 4.78 is 0. The second-order valence-electron chi connectivity index (χ2n) is 5.98. The zero-order valence-electron chi connectivity index (χ0n) is 12.3. The molecule has 1 rings (SSSR count). The van der Waals surface area contributed by atoms with E-state index in [0.29, 0.717) is 6.54 Å². The molecule has 0 fully saturated rings. The summed E-state index contributed by atoms with van der Waals surface area (Å²) in [6.07, 6.45) is 3.06. The Morgan fingerprint density at radius 3 is 2.63 bits per heavy atom. The molecule has 2 amide bonds. The van der Waals surface area contributed by atoms with E-state index < -0.39 is 11.5 Å². The van der Waals surface area contributed by atoms with E-state index in [1.165, 1.54) is 5.57 Å². The van der Waals surface area contributed by atoms with Crippen LogP contribution in [0.1, 0.15) is 34.1 Å². The zero-order valence-corrected chi connectivity index (χ0v) is 12.3. The van der Waals surface area contributed by atoms with E-state index in [1.54, 1.807) is 6.92 Å². The van der Waals surface area contributed by atoms with Crippen molar-refractivity contribution in [1.82, 2.24) is 16.0 Å². The van der Waals surface area contributed by atoms with E-state index in [9.17, 15) is 9.59 Å². The van der Waals surface area contributed by atoms with Gasteiger partial charge in [0.1, 0.15) is 6.04 Å². The van der Waals surface area contributed by atoms with E-state index in [-0.39, 0.29) is 11.8 Å². The van der Waals surface area contributed by atoms with Crippen molar-refractivity contribution < 1.29 is 9.59 Å². The van der Waals surface area contributed by atoms with Crippen molar-refractivity contribution >= 4 is 11.8 Å². The van der Waals surface area contributed by atoms with Gasteiger partial charge in [-0.2, -0.15) is 0 Å². The van der Waals surface area contributed by atoms with Gasteiger partial charge in [-0.1, -0.05) is 32.4 Å². The molecule has 0 aliphatic carbocycles. The van der Waals surface area contributed by atoms with Crippen LogP contribution in [0.4, 0.5) is 0 Å². The molecule has 0 radical (unpaired) electrons. The lowest BCUT2D eigenvalue weighted by molar-refractivity contribution is -0.133. The molecule has 0 aromatic rings. The van der Waals surface area contributed by atoms with Gasteiger partial charge < -0.3 is 16.0 Å². The third kappa shape index (κ3) is 5.42. The molecular weight excluding hydrogens is 242 g/mol. The maximum Gasteiger partial charge on any atom is 0.242 e. The minimum atomic E-state index is -0.506. The molecule has 108 valence electrons. The summed E-state index contributed by atoms with van der Waals surface area (Å²) in [6.45, 7) is 9.57. The molecule has 5 nitrogen and oxygen atoms in total. The summed E-state index contributed by atoms with van der Waals surface area (Å²) in [4.78, 5) is 23.7. The first-order chi connectivity index (χ1) is 8.80. The molecule has 19 heavy (non-hydrogen) atoms. The Kier molecular flexibility index (Phi) is 5.54. The lowest BCUT2D eigenvalue weighted by atomic mass is 9.95. The van der Waals surface area contributed by atoms with Gasteiger partial charge in [-0.3, -0.25) is 9.59 Å². The van der Waals surface area contributed by atoms with E-state index in [0.717, 1.165) is 19.5 Å². The predicted octanol–water partition coefficient (Wildman–Crippen LogP) is 0.573. The minimum Gasteiger partial charge on any atom is -0.351 e. The van der Waals surface area contributed by atoms with Crippen molar-refractivity contribution in [2.24, 2.45) is 5.41 Å². The lowest BCUT2D eigenvalue weighted by Gasteiger charge is -2.22. The Balaban J connectivity index is 2.36. The van der Waals surface area contributed by atoms with Gasteiger partial charge in [0.15, 0.2) is 0 Å². The van der Waals surface area contributed by atoms with Crippen LogP contribution in [0.15, 0.2) is 11.6 Å². The van der Waals surface area contributed by atoms with Gasteiger partial charge in [0, 0.05) is 18.5 Å². The average Bonchev–Trinajstić information content (AvgIpc) is 2.35. The molecule has 0 saturated carbocycles. The molecule has 0 saturated heterocycles. The molecule has 1 atom stereocenters. The van der Waals surface area contributed by atoms with Gasteiger partial charge in [0.05, 0.1) is 0 Å². The Bertz CT molecular complexity index is 369. The zero-order chi connectivity index (χ0) is 14.5. The van der Waals surface area contributed by atoms with Crippen molar-refractivity contribution in [3.63, 3.8) is 0 Å². The normalized spacial score (nSPS) is 17.4. The fraction of sp³-hybridized carbons (Fsp3) is 0.714. The quantitative estimate of drug-likeness (QED) is 0.652. The fourth-order valence-electron chi connectivity index (χ4n) is 1.66. The molecule has 1 aliphatic heterocycles. The molecule has 0 spiro atoms. The Hall–Kier alpha value is -1.36. The highest BCUT2D eigenvalue weighted by Gasteiger charge is 2.24. The average molecular weight is 267 g/mol. The summed E-state index contributed by atoms with van der Waals surface area (Å²) in [5, 5.41) is 8.81. The molecule has 5 heteroatoms. The van der Waals surface area contributed by atoms with Crippen molar-refractivity contribution in [3.8, 4) is 0 Å². The molecular formula is C14H25N3O2. The second-order valence-corrected chi connectivity index (χ2v) is 5.98. The molecule has 0 bridgehead atoms. The highest BCUT2D eigenvalue weighted by molar-refractivity contribution is 5.89. The van der Waals surface area contributed by atoms with Gasteiger partial charge >= 0.3 is 0 Å². The van der Waals surface area contributed by atoms with Gasteiger partial charge in [0.2, 0.25) is 11.8 Å². The summed E-state index contributed by atoms with van der Waals surface area (Å²) in [5.74, 6) is -0.256. The fourth-order valence-corrected chi connectivity index (χ4v) is 1.66. The van der Waals surface area contributed by atoms with Crippen LogP contribution in [0.25, 0.3) is 0 Å². The Morgan fingerprint density at radius 2 is 2.11 bits per heavy atom. The molecule has 1 heterocycles. The van der Waals surface area contributed by atoms with Crippen LogP contribution >= 0.6 is 0 Å². The Labute approximate surface area is 115 Å². The number of hydrogen-bond donors (Lipinski definition) is 3. The molecule has 1 unspecified atom stereocenters. The maximum absolute atomic E-state index is 11.9. The van der Waals surface area contributed by atoms with Crippen molar-refractivity contribution in [1.29, 1.82) is 0 Å². The maximum atomic E-state index is 11.9. The molecule has 0 aromatic carbocycles. The number of nitrogens with one attached hydrogen (secondary N) is 3. The van der Waals surface area contributed by atoms with E-state index in [4.69, 9.17) is 0 Å². The molecule has 0 aromatic heterocycles. The third-order valence-electron chi connectivity index (χ3n) is 3.07. The van der Waals surface area contributed by atoms with Crippen LogP contribution in [-0.4, -0.2) is 37.5 Å². The summed E-state index contributed by atoms with van der Waals surface area (Å²) in [5.41, 5.74) is 0.757. The minimum absolute atomic E-state index is 0.115. The first-order valence-corrected chi connectivity index (χ1v) is 6.78. The summed E-state index contributed by atoms with van der Waals surface area (Å²) >= 11 is 0. The van der Waals surface area contributed by atoms with Crippen LogP contribution in [0.3, 0.4) is 0 Å². The van der Waals surface area contributed by atoms with Gasteiger partial charge in [-0.25, -0.2) is 0 Å². The van der Waals surface area contributed by atoms with Crippen LogP contribution in [0, 0.1) is 5.41 Å². The van der Waals surface area contributed by atoms with Crippen LogP contribution in [0.5, 0.6) is 0 Å². The highest BCUT2D eigenvalue weighted by Crippen LogP contribution is 2.12. The molecule has 1 aliphatic rings. The Morgan fingerprint density at radius 1 is 1.42 bits per heavy atom. The van der Waals surface area contributed by atoms with Gasteiger partial charge in [0.25, 0.3) is 0 Å². The number of rotatable bonds is 4.